The lowest BCUT2D eigenvalue weighted by atomic mass is 10.0. The van der Waals surface area contributed by atoms with Crippen molar-refractivity contribution in [2.75, 3.05) is 5.73 Å². The number of anilines is 1. The zero-order valence-electron chi connectivity index (χ0n) is 10.9. The quantitative estimate of drug-likeness (QED) is 0.782. The summed E-state index contributed by atoms with van der Waals surface area (Å²) in [5.41, 5.74) is 6.77. The minimum absolute atomic E-state index is 0.143. The van der Waals surface area contributed by atoms with Crippen LogP contribution in [-0.2, 0) is 7.05 Å². The molecule has 21 heavy (non-hydrogen) atoms. The molecule has 0 unspecified atom stereocenters. The first kappa shape index (κ1) is 13.6. The number of hydrogen-bond donors (Lipinski definition) is 1. The summed E-state index contributed by atoms with van der Waals surface area (Å²) in [6.45, 7) is 0. The van der Waals surface area contributed by atoms with Gasteiger partial charge in [-0.2, -0.15) is 5.10 Å². The van der Waals surface area contributed by atoms with Crippen molar-refractivity contribution in [3.05, 3.63) is 47.2 Å². The van der Waals surface area contributed by atoms with E-state index in [-0.39, 0.29) is 16.6 Å². The Balaban J connectivity index is 2.26. The van der Waals surface area contributed by atoms with Gasteiger partial charge in [0.2, 0.25) is 0 Å². The van der Waals surface area contributed by atoms with Crippen molar-refractivity contribution >= 4 is 17.4 Å². The first-order valence-electron chi connectivity index (χ1n) is 6.01. The van der Waals surface area contributed by atoms with Gasteiger partial charge in [-0.05, 0) is 35.9 Å². The molecule has 0 bridgehead atoms. The molecular formula is C14H10ClF2N3O. The Hall–Kier alpha value is -2.34. The fourth-order valence-electron chi connectivity index (χ4n) is 2.11. The van der Waals surface area contributed by atoms with E-state index in [9.17, 15) is 8.78 Å². The number of nitrogens with two attached hydrogens (primary N) is 1. The van der Waals surface area contributed by atoms with Gasteiger partial charge in [-0.3, -0.25) is 4.68 Å². The molecule has 0 spiro atoms. The number of rotatable bonds is 2. The van der Waals surface area contributed by atoms with E-state index in [2.05, 4.69) is 5.10 Å². The van der Waals surface area contributed by atoms with Crippen LogP contribution in [0.1, 0.15) is 0 Å². The van der Waals surface area contributed by atoms with E-state index < -0.39 is 11.6 Å². The van der Waals surface area contributed by atoms with Crippen LogP contribution in [0.2, 0.25) is 5.22 Å². The maximum absolute atomic E-state index is 14.0. The Morgan fingerprint density at radius 2 is 2.00 bits per heavy atom. The van der Waals surface area contributed by atoms with Gasteiger partial charge in [-0.25, -0.2) is 8.78 Å². The molecule has 0 aliphatic carbocycles. The second kappa shape index (κ2) is 4.89. The van der Waals surface area contributed by atoms with Crippen LogP contribution in [-0.4, -0.2) is 9.78 Å². The fraction of sp³-hybridized carbons (Fsp3) is 0.0714. The SMILES string of the molecule is Cn1nc(-c2ccc(Cl)o2)c(-c2ccc(F)cc2F)c1N. The second-order valence-electron chi connectivity index (χ2n) is 4.46. The van der Waals surface area contributed by atoms with E-state index in [1.807, 2.05) is 0 Å². The summed E-state index contributed by atoms with van der Waals surface area (Å²) in [4.78, 5) is 0. The number of nitrogens with zero attached hydrogens (tertiary/aromatic N) is 2. The molecule has 0 fully saturated rings. The molecular weight excluding hydrogens is 300 g/mol. The number of furan rings is 1. The van der Waals surface area contributed by atoms with E-state index in [4.69, 9.17) is 21.8 Å². The molecule has 3 aromatic rings. The highest BCUT2D eigenvalue weighted by Gasteiger charge is 2.22. The van der Waals surface area contributed by atoms with Gasteiger partial charge in [0.05, 0.1) is 5.56 Å². The number of hydrogen-bond acceptors (Lipinski definition) is 3. The molecule has 0 amide bonds. The van der Waals surface area contributed by atoms with Gasteiger partial charge < -0.3 is 10.2 Å². The van der Waals surface area contributed by atoms with Crippen LogP contribution < -0.4 is 5.73 Å². The van der Waals surface area contributed by atoms with Gasteiger partial charge in [-0.15, -0.1) is 0 Å². The lowest BCUT2D eigenvalue weighted by Crippen LogP contribution is -1.98. The minimum Gasteiger partial charge on any atom is -0.443 e. The Morgan fingerprint density at radius 1 is 1.24 bits per heavy atom. The molecule has 0 aliphatic heterocycles. The normalized spacial score (nSPS) is 11.0. The average Bonchev–Trinajstić information content (AvgIpc) is 2.96. The molecule has 0 radical (unpaired) electrons. The van der Waals surface area contributed by atoms with Gasteiger partial charge in [0.15, 0.2) is 11.0 Å². The maximum Gasteiger partial charge on any atom is 0.194 e. The summed E-state index contributed by atoms with van der Waals surface area (Å²) in [7, 11) is 1.62. The number of aryl methyl sites for hydroxylation is 1. The number of nitrogen functional groups attached to an aromatic ring is 1. The van der Waals surface area contributed by atoms with E-state index in [0.717, 1.165) is 12.1 Å². The molecule has 2 aromatic heterocycles. The molecule has 2 heterocycles. The molecule has 4 nitrogen and oxygen atoms in total. The largest absolute Gasteiger partial charge is 0.443 e. The van der Waals surface area contributed by atoms with Crippen LogP contribution in [0.4, 0.5) is 14.6 Å². The molecule has 2 N–H and O–H groups in total. The third-order valence-corrected chi connectivity index (χ3v) is 3.30. The summed E-state index contributed by atoms with van der Waals surface area (Å²) in [5, 5.41) is 4.39. The van der Waals surface area contributed by atoms with Crippen LogP contribution in [0, 0.1) is 11.6 Å². The zero-order chi connectivity index (χ0) is 15.1. The Morgan fingerprint density at radius 3 is 2.62 bits per heavy atom. The maximum atomic E-state index is 14.0. The molecule has 3 rings (SSSR count). The molecule has 7 heteroatoms. The molecule has 0 aliphatic rings. The van der Waals surface area contributed by atoms with Gasteiger partial charge in [-0.1, -0.05) is 0 Å². The first-order valence-corrected chi connectivity index (χ1v) is 6.38. The third-order valence-electron chi connectivity index (χ3n) is 3.10. The van der Waals surface area contributed by atoms with Crippen LogP contribution in [0.5, 0.6) is 0 Å². The fourth-order valence-corrected chi connectivity index (χ4v) is 2.25. The van der Waals surface area contributed by atoms with Crippen LogP contribution >= 0.6 is 11.6 Å². The molecule has 0 saturated heterocycles. The molecule has 0 atom stereocenters. The highest BCUT2D eigenvalue weighted by Crippen LogP contribution is 2.38. The zero-order valence-corrected chi connectivity index (χ0v) is 11.7. The van der Waals surface area contributed by atoms with E-state index >= 15 is 0 Å². The predicted octanol–water partition coefficient (Wildman–Crippen LogP) is 3.86. The molecule has 1 aromatic carbocycles. The van der Waals surface area contributed by atoms with Crippen molar-refractivity contribution in [2.24, 2.45) is 7.05 Å². The summed E-state index contributed by atoms with van der Waals surface area (Å²) >= 11 is 5.75. The second-order valence-corrected chi connectivity index (χ2v) is 4.83. The summed E-state index contributed by atoms with van der Waals surface area (Å²) in [6, 6.07) is 6.41. The van der Waals surface area contributed by atoms with Crippen LogP contribution in [0.25, 0.3) is 22.6 Å². The molecule has 108 valence electrons. The smallest absolute Gasteiger partial charge is 0.194 e. The first-order chi connectivity index (χ1) is 9.97. The number of benzene rings is 1. The van der Waals surface area contributed by atoms with E-state index in [1.165, 1.54) is 10.7 Å². The van der Waals surface area contributed by atoms with Gasteiger partial charge in [0.1, 0.15) is 23.1 Å². The van der Waals surface area contributed by atoms with Gasteiger partial charge >= 0.3 is 0 Å². The standard InChI is InChI=1S/C14H10ClF2N3O/c1-20-14(18)12(8-3-2-7(16)6-9(8)17)13(19-20)10-4-5-11(15)21-10/h2-6H,18H2,1H3. The van der Waals surface area contributed by atoms with Crippen molar-refractivity contribution in [1.29, 1.82) is 0 Å². The number of halogens is 3. The lowest BCUT2D eigenvalue weighted by Gasteiger charge is -2.04. The average molecular weight is 310 g/mol. The van der Waals surface area contributed by atoms with Gasteiger partial charge in [0.25, 0.3) is 0 Å². The van der Waals surface area contributed by atoms with Crippen molar-refractivity contribution < 1.29 is 13.2 Å². The van der Waals surface area contributed by atoms with Crippen molar-refractivity contribution in [3.8, 4) is 22.6 Å². The Labute approximate surface area is 123 Å². The number of aromatic nitrogens is 2. The van der Waals surface area contributed by atoms with E-state index in [1.54, 1.807) is 19.2 Å². The van der Waals surface area contributed by atoms with Crippen molar-refractivity contribution in [1.82, 2.24) is 9.78 Å². The highest BCUT2D eigenvalue weighted by atomic mass is 35.5. The highest BCUT2D eigenvalue weighted by molar-refractivity contribution is 6.29. The summed E-state index contributed by atoms with van der Waals surface area (Å²) in [5.74, 6) is -0.802. The Kier molecular flexibility index (Phi) is 3.17. The minimum atomic E-state index is -0.728. The molecule has 0 saturated carbocycles. The van der Waals surface area contributed by atoms with Gasteiger partial charge in [0, 0.05) is 18.7 Å². The lowest BCUT2D eigenvalue weighted by molar-refractivity contribution is 0.579. The van der Waals surface area contributed by atoms with Crippen LogP contribution in [0.3, 0.4) is 0 Å². The summed E-state index contributed by atoms with van der Waals surface area (Å²) < 4.78 is 33.8. The summed E-state index contributed by atoms with van der Waals surface area (Å²) in [6.07, 6.45) is 0. The monoisotopic (exact) mass is 309 g/mol. The van der Waals surface area contributed by atoms with Crippen molar-refractivity contribution in [3.63, 3.8) is 0 Å². The van der Waals surface area contributed by atoms with Crippen LogP contribution in [0.15, 0.2) is 34.7 Å². The van der Waals surface area contributed by atoms with Crippen molar-refractivity contribution in [2.45, 2.75) is 0 Å². The predicted molar refractivity (Wildman–Crippen MR) is 75.7 cm³/mol. The Bertz CT molecular complexity index is 826. The van der Waals surface area contributed by atoms with E-state index in [0.29, 0.717) is 17.0 Å². The topological polar surface area (TPSA) is 57.0 Å². The third kappa shape index (κ3) is 2.27.